The first kappa shape index (κ1) is 23.0. The van der Waals surface area contributed by atoms with E-state index in [-0.39, 0.29) is 12.4 Å². The van der Waals surface area contributed by atoms with Crippen molar-refractivity contribution < 1.29 is 18.4 Å². The number of ether oxygens (including phenoxy) is 2. The molecule has 2 aliphatic heterocycles. The summed E-state index contributed by atoms with van der Waals surface area (Å²) < 4.78 is 30.6. The molecule has 2 aromatic heterocycles. The van der Waals surface area contributed by atoms with Crippen molar-refractivity contribution in [1.82, 2.24) is 20.3 Å². The summed E-state index contributed by atoms with van der Waals surface area (Å²) in [6.07, 6.45) is 3.72. The summed E-state index contributed by atoms with van der Waals surface area (Å²) in [7, 11) is 3.82. The van der Waals surface area contributed by atoms with Crippen LogP contribution in [0.2, 0.25) is 0 Å². The van der Waals surface area contributed by atoms with Crippen molar-refractivity contribution in [1.29, 1.82) is 0 Å². The van der Waals surface area contributed by atoms with Gasteiger partial charge in [0.1, 0.15) is 18.0 Å². The molecule has 2 atom stereocenters. The van der Waals surface area contributed by atoms with Crippen molar-refractivity contribution in [3.63, 3.8) is 0 Å². The van der Waals surface area contributed by atoms with E-state index in [2.05, 4.69) is 56.5 Å². The maximum atomic E-state index is 14.6. The quantitative estimate of drug-likeness (QED) is 0.375. The molecule has 9 heteroatoms. The average Bonchev–Trinajstić information content (AvgIpc) is 3.63. The number of hydrogen-bond donors (Lipinski definition) is 1. The highest BCUT2D eigenvalue weighted by molar-refractivity contribution is 5.93. The molecule has 188 valence electrons. The standard InChI is InChI=1S/C27H30FN5O3/c1-32-10-3-4-24-23(32)9-11-33(24)18-7-5-17(6-8-18)21-15-26(36-31-21)27-19-14-20(28)25(35-13-12-34-2)16-22(19)29-30-27/h5-8,14-16,23-24H,3-4,9-13H2,1-2H3,(H,29,30)/t23-,24-/m1/s1. The summed E-state index contributed by atoms with van der Waals surface area (Å²) in [6, 6.07) is 14.6. The fraction of sp³-hybridized carbons (Fsp3) is 0.407. The van der Waals surface area contributed by atoms with Gasteiger partial charge in [0.15, 0.2) is 17.3 Å². The highest BCUT2D eigenvalue weighted by atomic mass is 19.1. The number of benzene rings is 2. The number of H-pyrrole nitrogens is 1. The number of anilines is 1. The van der Waals surface area contributed by atoms with Gasteiger partial charge in [0.25, 0.3) is 0 Å². The van der Waals surface area contributed by atoms with Crippen molar-refractivity contribution in [2.24, 2.45) is 0 Å². The first-order valence-corrected chi connectivity index (χ1v) is 12.5. The van der Waals surface area contributed by atoms with Gasteiger partial charge in [-0.25, -0.2) is 4.39 Å². The van der Waals surface area contributed by atoms with Gasteiger partial charge in [0.2, 0.25) is 0 Å². The van der Waals surface area contributed by atoms with Gasteiger partial charge in [-0.3, -0.25) is 5.10 Å². The highest BCUT2D eigenvalue weighted by Gasteiger charge is 2.38. The minimum absolute atomic E-state index is 0.150. The molecule has 0 amide bonds. The Bertz CT molecular complexity index is 1350. The van der Waals surface area contributed by atoms with E-state index in [0.29, 0.717) is 46.7 Å². The Labute approximate surface area is 209 Å². The summed E-state index contributed by atoms with van der Waals surface area (Å²) in [5.41, 5.74) is 4.09. The third kappa shape index (κ3) is 4.12. The molecule has 0 radical (unpaired) electrons. The summed E-state index contributed by atoms with van der Waals surface area (Å²) in [4.78, 5) is 5.06. The van der Waals surface area contributed by atoms with Crippen LogP contribution in [-0.2, 0) is 4.74 Å². The number of hydrogen-bond acceptors (Lipinski definition) is 7. The largest absolute Gasteiger partial charge is 0.488 e. The Morgan fingerprint density at radius 2 is 1.94 bits per heavy atom. The van der Waals surface area contributed by atoms with Crippen LogP contribution in [0.4, 0.5) is 10.1 Å². The molecule has 0 bridgehead atoms. The van der Waals surface area contributed by atoms with E-state index in [4.69, 9.17) is 14.0 Å². The molecular formula is C27H30FN5O3. The predicted molar refractivity (Wildman–Crippen MR) is 136 cm³/mol. The molecular weight excluding hydrogens is 461 g/mol. The van der Waals surface area contributed by atoms with Crippen LogP contribution < -0.4 is 9.64 Å². The fourth-order valence-electron chi connectivity index (χ4n) is 5.63. The number of nitrogens with zero attached hydrogens (tertiary/aromatic N) is 4. The topological polar surface area (TPSA) is 79.7 Å². The number of rotatable bonds is 7. The van der Waals surface area contributed by atoms with Crippen molar-refractivity contribution in [2.45, 2.75) is 31.3 Å². The Balaban J connectivity index is 1.21. The lowest BCUT2D eigenvalue weighted by Gasteiger charge is -2.38. The van der Waals surface area contributed by atoms with Gasteiger partial charge in [0, 0.05) is 54.5 Å². The van der Waals surface area contributed by atoms with Crippen LogP contribution in [0.1, 0.15) is 19.3 Å². The number of nitrogens with one attached hydrogen (secondary N) is 1. The predicted octanol–water partition coefficient (Wildman–Crippen LogP) is 4.72. The first-order valence-electron chi connectivity index (χ1n) is 12.5. The van der Waals surface area contributed by atoms with Crippen molar-refractivity contribution in [3.05, 3.63) is 48.3 Å². The minimum atomic E-state index is -0.468. The molecule has 0 saturated carbocycles. The van der Waals surface area contributed by atoms with Gasteiger partial charge in [-0.05, 0) is 51.1 Å². The molecule has 8 nitrogen and oxygen atoms in total. The van der Waals surface area contributed by atoms with Crippen LogP contribution in [0.3, 0.4) is 0 Å². The van der Waals surface area contributed by atoms with Crippen molar-refractivity contribution in [3.8, 4) is 28.5 Å². The van der Waals surface area contributed by atoms with E-state index >= 15 is 0 Å². The Kier molecular flexibility index (Phi) is 6.10. The lowest BCUT2D eigenvalue weighted by molar-refractivity contribution is 0.144. The van der Waals surface area contributed by atoms with Crippen LogP contribution in [0.25, 0.3) is 33.6 Å². The molecule has 2 aliphatic rings. The molecule has 1 N–H and O–H groups in total. The number of fused-ring (bicyclic) bond motifs is 2. The molecule has 0 unspecified atom stereocenters. The number of halogens is 1. The van der Waals surface area contributed by atoms with Crippen molar-refractivity contribution in [2.75, 3.05) is 45.4 Å². The van der Waals surface area contributed by atoms with Gasteiger partial charge in [-0.1, -0.05) is 17.3 Å². The summed E-state index contributed by atoms with van der Waals surface area (Å²) >= 11 is 0. The second-order valence-electron chi connectivity index (χ2n) is 9.60. The van der Waals surface area contributed by atoms with Crippen LogP contribution >= 0.6 is 0 Å². The maximum Gasteiger partial charge on any atom is 0.188 e. The van der Waals surface area contributed by atoms with Gasteiger partial charge >= 0.3 is 0 Å². The molecule has 2 saturated heterocycles. The molecule has 2 fully saturated rings. The smallest absolute Gasteiger partial charge is 0.188 e. The van der Waals surface area contributed by atoms with E-state index in [1.807, 2.05) is 6.07 Å². The Morgan fingerprint density at radius 3 is 2.78 bits per heavy atom. The zero-order valence-electron chi connectivity index (χ0n) is 20.5. The van der Waals surface area contributed by atoms with E-state index in [1.54, 1.807) is 13.2 Å². The van der Waals surface area contributed by atoms with E-state index in [9.17, 15) is 4.39 Å². The maximum absolute atomic E-state index is 14.6. The SMILES string of the molecule is COCCOc1cc2[nH]nc(-c3cc(-c4ccc(N5CC[C@@H]6[C@H]5CCCN6C)cc4)no3)c2cc1F. The third-order valence-electron chi connectivity index (χ3n) is 7.49. The first-order chi connectivity index (χ1) is 17.6. The monoisotopic (exact) mass is 491 g/mol. The molecule has 0 aliphatic carbocycles. The average molecular weight is 492 g/mol. The van der Waals surface area contributed by atoms with Crippen molar-refractivity contribution >= 4 is 16.6 Å². The van der Waals surface area contributed by atoms with Crippen LogP contribution in [-0.4, -0.2) is 72.8 Å². The number of aromatic nitrogens is 3. The number of methoxy groups -OCH3 is 1. The lowest BCUT2D eigenvalue weighted by Crippen LogP contribution is -2.47. The number of piperidine rings is 1. The Hall–Kier alpha value is -3.43. The van der Waals surface area contributed by atoms with Gasteiger partial charge in [-0.15, -0.1) is 0 Å². The molecule has 6 rings (SSSR count). The second kappa shape index (κ2) is 9.55. The molecule has 4 aromatic rings. The summed E-state index contributed by atoms with van der Waals surface area (Å²) in [6.45, 7) is 2.93. The number of likely N-dealkylation sites (N-methyl/N-ethyl adjacent to an activating group) is 1. The lowest BCUT2D eigenvalue weighted by atomic mass is 9.97. The van der Waals surface area contributed by atoms with Gasteiger partial charge in [-0.2, -0.15) is 5.10 Å². The number of aromatic amines is 1. The van der Waals surface area contributed by atoms with Crippen LogP contribution in [0.5, 0.6) is 5.75 Å². The van der Waals surface area contributed by atoms with E-state index in [1.165, 1.54) is 37.6 Å². The van der Waals surface area contributed by atoms with Crippen LogP contribution in [0, 0.1) is 5.82 Å². The van der Waals surface area contributed by atoms with Crippen LogP contribution in [0.15, 0.2) is 47.0 Å². The third-order valence-corrected chi connectivity index (χ3v) is 7.49. The highest BCUT2D eigenvalue weighted by Crippen LogP contribution is 2.36. The summed E-state index contributed by atoms with van der Waals surface area (Å²) in [5.74, 6) is 0.155. The van der Waals surface area contributed by atoms with E-state index in [0.717, 1.165) is 12.1 Å². The zero-order chi connectivity index (χ0) is 24.6. The molecule has 4 heterocycles. The fourth-order valence-corrected chi connectivity index (χ4v) is 5.63. The van der Waals surface area contributed by atoms with Gasteiger partial charge in [0.05, 0.1) is 12.1 Å². The Morgan fingerprint density at radius 1 is 1.08 bits per heavy atom. The molecule has 2 aromatic carbocycles. The number of likely N-dealkylation sites (tertiary alicyclic amines) is 1. The minimum Gasteiger partial charge on any atom is -0.488 e. The second-order valence-corrected chi connectivity index (χ2v) is 9.60. The van der Waals surface area contributed by atoms with E-state index < -0.39 is 5.82 Å². The molecule has 36 heavy (non-hydrogen) atoms. The summed E-state index contributed by atoms with van der Waals surface area (Å²) in [5, 5.41) is 12.1. The zero-order valence-corrected chi connectivity index (χ0v) is 20.5. The molecule has 0 spiro atoms. The normalized spacial score (nSPS) is 20.2. The van der Waals surface area contributed by atoms with Gasteiger partial charge < -0.3 is 23.8 Å².